The highest BCUT2D eigenvalue weighted by molar-refractivity contribution is 7.92. The molecule has 1 aromatic heterocycles. The van der Waals surface area contributed by atoms with Gasteiger partial charge in [0.05, 0.1) is 16.9 Å². The van der Waals surface area contributed by atoms with Crippen LogP contribution in [0, 0.1) is 22.6 Å². The Hall–Kier alpha value is -1.80. The molecule has 4 rings (SSSR count). The van der Waals surface area contributed by atoms with Crippen molar-refractivity contribution in [2.45, 2.75) is 33.1 Å². The van der Waals surface area contributed by atoms with Crippen LogP contribution < -0.4 is 4.72 Å². The number of carbonyl (C=O) groups is 1. The van der Waals surface area contributed by atoms with Crippen molar-refractivity contribution in [2.75, 3.05) is 10.5 Å². The van der Waals surface area contributed by atoms with Gasteiger partial charge >= 0.3 is 0 Å². The molecule has 0 amide bonds. The molecule has 0 saturated heterocycles. The average Bonchev–Trinajstić information content (AvgIpc) is 3.17. The molecule has 2 fully saturated rings. The summed E-state index contributed by atoms with van der Waals surface area (Å²) in [6.07, 6.45) is 2.01. The zero-order chi connectivity index (χ0) is 19.4. The molecule has 2 saturated carbocycles. The molecule has 8 heteroatoms. The van der Waals surface area contributed by atoms with E-state index in [1.807, 2.05) is 13.8 Å². The molecule has 2 aromatic rings. The Labute approximate surface area is 162 Å². The highest BCUT2D eigenvalue weighted by atomic mass is 32.2. The van der Waals surface area contributed by atoms with E-state index in [1.54, 1.807) is 17.5 Å². The second kappa shape index (κ2) is 6.10. The monoisotopic (exact) mass is 408 g/mol. The number of Topliss-reactive ketones (excluding diaryl/α,β-unsaturated/α-hetero) is 1. The van der Waals surface area contributed by atoms with Gasteiger partial charge in [-0.2, -0.15) is 0 Å². The second-order valence-corrected chi connectivity index (χ2v) is 10.7. The summed E-state index contributed by atoms with van der Waals surface area (Å²) in [5, 5.41) is 1.98. The first kappa shape index (κ1) is 18.6. The molecule has 2 aliphatic carbocycles. The van der Waals surface area contributed by atoms with Crippen LogP contribution >= 0.6 is 11.3 Å². The molecule has 0 aliphatic heterocycles. The van der Waals surface area contributed by atoms with Gasteiger partial charge in [-0.05, 0) is 48.4 Å². The van der Waals surface area contributed by atoms with Crippen molar-refractivity contribution in [3.63, 3.8) is 0 Å². The van der Waals surface area contributed by atoms with E-state index in [4.69, 9.17) is 0 Å². The van der Waals surface area contributed by atoms with Crippen molar-refractivity contribution in [3.8, 4) is 11.3 Å². The zero-order valence-corrected chi connectivity index (χ0v) is 16.8. The van der Waals surface area contributed by atoms with Gasteiger partial charge in [0.2, 0.25) is 10.0 Å². The number of fused-ring (bicyclic) bond motifs is 2. The Kier molecular flexibility index (Phi) is 4.19. The number of nitrogens with one attached hydrogen (secondary N) is 1. The predicted molar refractivity (Wildman–Crippen MR) is 103 cm³/mol. The van der Waals surface area contributed by atoms with Crippen molar-refractivity contribution in [1.29, 1.82) is 0 Å². The molecule has 5 nitrogen and oxygen atoms in total. The fourth-order valence-corrected chi connectivity index (χ4v) is 7.52. The number of halogens is 1. The van der Waals surface area contributed by atoms with E-state index in [2.05, 4.69) is 9.71 Å². The topological polar surface area (TPSA) is 76.1 Å². The number of benzene rings is 1. The number of rotatable bonds is 5. The lowest BCUT2D eigenvalue weighted by molar-refractivity contribution is -0.128. The van der Waals surface area contributed by atoms with Gasteiger partial charge in [0.1, 0.15) is 11.6 Å². The fraction of sp³-hybridized carbons (Fsp3) is 0.474. The molecule has 0 radical (unpaired) electrons. The number of sulfonamides is 1. The minimum atomic E-state index is -3.72. The zero-order valence-electron chi connectivity index (χ0n) is 15.2. The first-order chi connectivity index (χ1) is 12.6. The smallest absolute Gasteiger partial charge is 0.235 e. The highest BCUT2D eigenvalue weighted by Gasteiger charge is 2.65. The number of ketones is 1. The lowest BCUT2D eigenvalue weighted by Crippen LogP contribution is -2.43. The Morgan fingerprint density at radius 2 is 2.00 bits per heavy atom. The first-order valence-corrected chi connectivity index (χ1v) is 11.4. The summed E-state index contributed by atoms with van der Waals surface area (Å²) in [5.74, 6) is -0.202. The van der Waals surface area contributed by atoms with Crippen molar-refractivity contribution in [3.05, 3.63) is 35.5 Å². The van der Waals surface area contributed by atoms with E-state index < -0.39 is 15.4 Å². The molecule has 2 atom stereocenters. The van der Waals surface area contributed by atoms with Gasteiger partial charge in [-0.25, -0.2) is 17.8 Å². The third kappa shape index (κ3) is 2.99. The van der Waals surface area contributed by atoms with Crippen molar-refractivity contribution >= 4 is 32.3 Å². The quantitative estimate of drug-likeness (QED) is 0.809. The number of hydrogen-bond acceptors (Lipinski definition) is 5. The van der Waals surface area contributed by atoms with E-state index in [-0.39, 0.29) is 33.8 Å². The minimum absolute atomic E-state index is 0.0697. The van der Waals surface area contributed by atoms with Crippen molar-refractivity contribution in [1.82, 2.24) is 4.98 Å². The van der Waals surface area contributed by atoms with Crippen LogP contribution in [0.25, 0.3) is 11.3 Å². The lowest BCUT2D eigenvalue weighted by Gasteiger charge is -2.36. The molecule has 0 unspecified atom stereocenters. The number of carbonyl (C=O) groups excluding carboxylic acids is 1. The molecule has 1 aromatic carbocycles. The Morgan fingerprint density at radius 3 is 2.59 bits per heavy atom. The van der Waals surface area contributed by atoms with Gasteiger partial charge < -0.3 is 0 Å². The molecule has 27 heavy (non-hydrogen) atoms. The number of anilines is 1. The van der Waals surface area contributed by atoms with Crippen LogP contribution in [0.3, 0.4) is 0 Å². The van der Waals surface area contributed by atoms with Gasteiger partial charge in [-0.15, -0.1) is 11.3 Å². The molecule has 2 aliphatic rings. The number of aromatic nitrogens is 1. The van der Waals surface area contributed by atoms with Crippen molar-refractivity contribution < 1.29 is 17.6 Å². The Bertz CT molecular complexity index is 998. The summed E-state index contributed by atoms with van der Waals surface area (Å²) in [5.41, 5.74) is 0.179. The van der Waals surface area contributed by atoms with E-state index in [0.29, 0.717) is 24.1 Å². The molecule has 0 spiro atoms. The van der Waals surface area contributed by atoms with E-state index in [0.717, 1.165) is 6.42 Å². The van der Waals surface area contributed by atoms with E-state index >= 15 is 0 Å². The minimum Gasteiger partial charge on any atom is -0.299 e. The average molecular weight is 409 g/mol. The highest BCUT2D eigenvalue weighted by Crippen LogP contribution is 2.64. The third-order valence-electron chi connectivity index (χ3n) is 6.46. The van der Waals surface area contributed by atoms with Gasteiger partial charge in [0, 0.05) is 17.4 Å². The molecule has 2 bridgehead atoms. The second-order valence-electron chi connectivity index (χ2n) is 8.07. The van der Waals surface area contributed by atoms with E-state index in [1.165, 1.54) is 23.5 Å². The van der Waals surface area contributed by atoms with Crippen LogP contribution in [0.15, 0.2) is 29.6 Å². The van der Waals surface area contributed by atoms with Gasteiger partial charge in [-0.3, -0.25) is 9.52 Å². The molecule has 1 N–H and O–H groups in total. The molecular weight excluding hydrogens is 387 g/mol. The van der Waals surface area contributed by atoms with Crippen LogP contribution in [-0.2, 0) is 14.8 Å². The summed E-state index contributed by atoms with van der Waals surface area (Å²) in [6.45, 7) is 4.03. The van der Waals surface area contributed by atoms with Crippen LogP contribution in [0.5, 0.6) is 0 Å². The summed E-state index contributed by atoms with van der Waals surface area (Å²) < 4.78 is 41.2. The molecule has 1 heterocycles. The van der Waals surface area contributed by atoms with Crippen molar-refractivity contribution in [2.24, 2.45) is 16.7 Å². The van der Waals surface area contributed by atoms with Crippen LogP contribution in [0.4, 0.5) is 9.52 Å². The van der Waals surface area contributed by atoms with Crippen LogP contribution in [0.2, 0.25) is 0 Å². The maximum Gasteiger partial charge on any atom is 0.235 e. The predicted octanol–water partition coefficient (Wildman–Crippen LogP) is 4.09. The summed E-state index contributed by atoms with van der Waals surface area (Å²) >= 11 is 1.17. The lowest BCUT2D eigenvalue weighted by atomic mass is 9.70. The van der Waals surface area contributed by atoms with E-state index in [9.17, 15) is 17.6 Å². The normalized spacial score (nSPS) is 26.5. The van der Waals surface area contributed by atoms with Gasteiger partial charge in [-0.1, -0.05) is 13.8 Å². The third-order valence-corrected chi connectivity index (χ3v) is 8.73. The maximum absolute atomic E-state index is 13.1. The summed E-state index contributed by atoms with van der Waals surface area (Å²) in [4.78, 5) is 16.9. The van der Waals surface area contributed by atoms with Gasteiger partial charge in [0.15, 0.2) is 5.13 Å². The first-order valence-electron chi connectivity index (χ1n) is 8.88. The van der Waals surface area contributed by atoms with Gasteiger partial charge in [0.25, 0.3) is 0 Å². The molecule has 144 valence electrons. The summed E-state index contributed by atoms with van der Waals surface area (Å²) in [7, 11) is -3.72. The maximum atomic E-state index is 13.1. The Morgan fingerprint density at radius 1 is 1.30 bits per heavy atom. The fourth-order valence-electron chi connectivity index (χ4n) is 4.68. The Balaban J connectivity index is 1.54. The summed E-state index contributed by atoms with van der Waals surface area (Å²) in [6, 6.07) is 5.87. The van der Waals surface area contributed by atoms with Crippen LogP contribution in [0.1, 0.15) is 33.1 Å². The number of nitrogens with zero attached hydrogens (tertiary/aromatic N) is 1. The number of hydrogen-bond donors (Lipinski definition) is 1. The standard InChI is InChI=1S/C19H21FN2O3S2/c1-18(2)13-7-8-19(18,16(23)9-13)11-27(24,25)22-17-21-15(10-26-17)12-3-5-14(20)6-4-12/h3-6,10,13H,7-9,11H2,1-2H3,(H,21,22)/t13-,19+/m0/s1. The largest absolute Gasteiger partial charge is 0.299 e. The molecular formula is C19H21FN2O3S2. The van der Waals surface area contributed by atoms with Crippen LogP contribution in [-0.4, -0.2) is 24.9 Å². The SMILES string of the molecule is CC1(C)[C@H]2CC[C@@]1(CS(=O)(=O)Nc1nc(-c3ccc(F)cc3)cs1)C(=O)C2. The number of thiazole rings is 1.